The van der Waals surface area contributed by atoms with E-state index in [2.05, 4.69) is 5.10 Å². The fourth-order valence-electron chi connectivity index (χ4n) is 4.27. The van der Waals surface area contributed by atoms with Crippen LogP contribution in [0.25, 0.3) is 10.9 Å². The molecule has 3 aromatic rings. The highest BCUT2D eigenvalue weighted by molar-refractivity contribution is 6.34. The van der Waals surface area contributed by atoms with Gasteiger partial charge in [0.1, 0.15) is 5.82 Å². The van der Waals surface area contributed by atoms with Gasteiger partial charge in [0.15, 0.2) is 5.82 Å². The molecule has 1 aromatic heterocycles. The SMILES string of the molecule is C[C@@H]1CN(c2nn(C(=O)c3c(Cl)cccc3C(F)(F)F)c3cccc(F)c23)CC[C@H]1C(=O)O. The molecule has 1 fully saturated rings. The van der Waals surface area contributed by atoms with E-state index in [1.807, 2.05) is 0 Å². The largest absolute Gasteiger partial charge is 0.481 e. The number of anilines is 1. The van der Waals surface area contributed by atoms with Crippen molar-refractivity contribution in [3.05, 3.63) is 58.4 Å². The molecule has 1 aliphatic rings. The number of alkyl halides is 3. The van der Waals surface area contributed by atoms with Gasteiger partial charge in [-0.25, -0.2) is 4.39 Å². The Morgan fingerprint density at radius 3 is 2.52 bits per heavy atom. The Labute approximate surface area is 190 Å². The molecule has 1 saturated heterocycles. The highest BCUT2D eigenvalue weighted by Gasteiger charge is 2.38. The summed E-state index contributed by atoms with van der Waals surface area (Å²) >= 11 is 5.98. The second-order valence-electron chi connectivity index (χ2n) is 7.99. The predicted molar refractivity (Wildman–Crippen MR) is 113 cm³/mol. The van der Waals surface area contributed by atoms with Crippen molar-refractivity contribution in [1.29, 1.82) is 0 Å². The van der Waals surface area contributed by atoms with E-state index in [4.69, 9.17) is 11.6 Å². The van der Waals surface area contributed by atoms with Crippen LogP contribution in [0.15, 0.2) is 36.4 Å². The summed E-state index contributed by atoms with van der Waals surface area (Å²) in [6, 6.07) is 6.85. The maximum atomic E-state index is 14.8. The van der Waals surface area contributed by atoms with Crippen LogP contribution in [0.5, 0.6) is 0 Å². The molecule has 0 aliphatic carbocycles. The van der Waals surface area contributed by atoms with E-state index in [1.54, 1.807) is 11.8 Å². The normalized spacial score (nSPS) is 19.2. The number of aliphatic carboxylic acids is 1. The summed E-state index contributed by atoms with van der Waals surface area (Å²) in [5.74, 6) is -3.60. The van der Waals surface area contributed by atoms with Gasteiger partial charge in [-0.2, -0.15) is 17.9 Å². The van der Waals surface area contributed by atoms with Crippen LogP contribution >= 0.6 is 11.6 Å². The number of carboxylic acids is 1. The van der Waals surface area contributed by atoms with Crippen LogP contribution in [-0.4, -0.2) is 39.9 Å². The van der Waals surface area contributed by atoms with E-state index in [9.17, 15) is 32.3 Å². The molecule has 174 valence electrons. The third-order valence-corrected chi connectivity index (χ3v) is 6.20. The van der Waals surface area contributed by atoms with Crippen molar-refractivity contribution in [2.45, 2.75) is 19.5 Å². The molecule has 1 aliphatic heterocycles. The first-order valence-corrected chi connectivity index (χ1v) is 10.4. The van der Waals surface area contributed by atoms with Crippen LogP contribution in [0.2, 0.25) is 5.02 Å². The molecule has 0 amide bonds. The minimum Gasteiger partial charge on any atom is -0.481 e. The van der Waals surface area contributed by atoms with Crippen molar-refractivity contribution >= 4 is 40.2 Å². The standard InChI is InChI=1S/C22H18ClF4N3O3/c1-11-10-29(9-8-12(11)21(32)33)19-18-15(24)6-3-7-16(18)30(28-19)20(31)17-13(22(25,26)27)4-2-5-14(17)23/h2-7,11-12H,8-10H2,1H3,(H,32,33)/t11-,12-/m1/s1. The number of halogens is 5. The van der Waals surface area contributed by atoms with E-state index in [0.29, 0.717) is 0 Å². The Morgan fingerprint density at radius 2 is 1.88 bits per heavy atom. The van der Waals surface area contributed by atoms with Gasteiger partial charge in [-0.1, -0.05) is 30.7 Å². The first-order chi connectivity index (χ1) is 15.5. The molecule has 11 heteroatoms. The lowest BCUT2D eigenvalue weighted by Crippen LogP contribution is -2.42. The fourth-order valence-corrected chi connectivity index (χ4v) is 4.53. The van der Waals surface area contributed by atoms with Crippen LogP contribution in [0.4, 0.5) is 23.4 Å². The van der Waals surface area contributed by atoms with Crippen LogP contribution in [-0.2, 0) is 11.0 Å². The summed E-state index contributed by atoms with van der Waals surface area (Å²) in [4.78, 5) is 26.3. The second-order valence-corrected chi connectivity index (χ2v) is 8.40. The molecule has 0 saturated carbocycles. The van der Waals surface area contributed by atoms with E-state index >= 15 is 0 Å². The Bertz CT molecular complexity index is 1260. The highest BCUT2D eigenvalue weighted by atomic mass is 35.5. The van der Waals surface area contributed by atoms with Gasteiger partial charge in [0, 0.05) is 13.1 Å². The number of fused-ring (bicyclic) bond motifs is 1. The van der Waals surface area contributed by atoms with Crippen molar-refractivity contribution in [3.63, 3.8) is 0 Å². The number of carbonyl (C=O) groups is 2. The van der Waals surface area contributed by atoms with Gasteiger partial charge < -0.3 is 10.0 Å². The minimum absolute atomic E-state index is 0.0175. The van der Waals surface area contributed by atoms with Crippen LogP contribution in [0, 0.1) is 17.7 Å². The summed E-state index contributed by atoms with van der Waals surface area (Å²) in [7, 11) is 0. The summed E-state index contributed by atoms with van der Waals surface area (Å²) in [6.07, 6.45) is -4.57. The van der Waals surface area contributed by atoms with E-state index < -0.39 is 45.9 Å². The number of nitrogens with zero attached hydrogens (tertiary/aromatic N) is 3. The maximum Gasteiger partial charge on any atom is 0.417 e. The molecular formula is C22H18ClF4N3O3. The molecule has 0 bridgehead atoms. The van der Waals surface area contributed by atoms with Crippen molar-refractivity contribution < 1.29 is 32.3 Å². The Kier molecular flexibility index (Phi) is 5.81. The zero-order chi connectivity index (χ0) is 24.1. The summed E-state index contributed by atoms with van der Waals surface area (Å²) in [5.41, 5.74) is -2.03. The molecule has 1 N–H and O–H groups in total. The zero-order valence-electron chi connectivity index (χ0n) is 17.2. The van der Waals surface area contributed by atoms with Gasteiger partial charge in [-0.3, -0.25) is 9.59 Å². The lowest BCUT2D eigenvalue weighted by molar-refractivity contribution is -0.144. The smallest absolute Gasteiger partial charge is 0.417 e. The average Bonchev–Trinajstić information content (AvgIpc) is 3.13. The topological polar surface area (TPSA) is 75.4 Å². The van der Waals surface area contributed by atoms with E-state index in [1.165, 1.54) is 12.1 Å². The third-order valence-electron chi connectivity index (χ3n) is 5.89. The molecule has 2 heterocycles. The number of hydrogen-bond donors (Lipinski definition) is 1. The summed E-state index contributed by atoms with van der Waals surface area (Å²) in [6.45, 7) is 2.20. The number of carboxylic acid groups (broad SMARTS) is 1. The number of benzene rings is 2. The maximum absolute atomic E-state index is 14.8. The molecule has 6 nitrogen and oxygen atoms in total. The minimum atomic E-state index is -4.85. The lowest BCUT2D eigenvalue weighted by Gasteiger charge is -2.35. The van der Waals surface area contributed by atoms with Gasteiger partial charge >= 0.3 is 12.1 Å². The third kappa shape index (κ3) is 4.03. The Balaban J connectivity index is 1.85. The Hall–Kier alpha value is -3.14. The van der Waals surface area contributed by atoms with E-state index in [-0.39, 0.29) is 42.1 Å². The van der Waals surface area contributed by atoms with Gasteiger partial charge in [-0.15, -0.1) is 5.10 Å². The number of hydrogen-bond acceptors (Lipinski definition) is 4. The number of rotatable bonds is 3. The molecule has 0 spiro atoms. The molecule has 0 radical (unpaired) electrons. The number of piperidine rings is 1. The number of aromatic nitrogens is 2. The monoisotopic (exact) mass is 483 g/mol. The first-order valence-electron chi connectivity index (χ1n) is 10.1. The predicted octanol–water partition coefficient (Wildman–Crippen LogP) is 5.08. The van der Waals surface area contributed by atoms with Crippen LogP contribution in [0.1, 0.15) is 29.3 Å². The molecule has 0 unspecified atom stereocenters. The van der Waals surface area contributed by atoms with Crippen molar-refractivity contribution in [2.75, 3.05) is 18.0 Å². The van der Waals surface area contributed by atoms with Crippen LogP contribution < -0.4 is 4.90 Å². The van der Waals surface area contributed by atoms with Gasteiger partial charge in [0.05, 0.1) is 33.0 Å². The van der Waals surface area contributed by atoms with E-state index in [0.717, 1.165) is 28.9 Å². The van der Waals surface area contributed by atoms with Gasteiger partial charge in [0.25, 0.3) is 5.91 Å². The quantitative estimate of drug-likeness (QED) is 0.526. The number of carbonyl (C=O) groups excluding carboxylic acids is 1. The second kappa shape index (κ2) is 8.33. The molecule has 2 aromatic carbocycles. The van der Waals surface area contributed by atoms with Gasteiger partial charge in [-0.05, 0) is 36.6 Å². The molecule has 4 rings (SSSR count). The van der Waals surface area contributed by atoms with Crippen molar-refractivity contribution in [1.82, 2.24) is 9.78 Å². The summed E-state index contributed by atoms with van der Waals surface area (Å²) in [5, 5.41) is 13.1. The first kappa shape index (κ1) is 23.0. The zero-order valence-corrected chi connectivity index (χ0v) is 18.0. The summed E-state index contributed by atoms with van der Waals surface area (Å²) < 4.78 is 56.3. The molecular weight excluding hydrogens is 466 g/mol. The average molecular weight is 484 g/mol. The molecule has 33 heavy (non-hydrogen) atoms. The Morgan fingerprint density at radius 1 is 1.18 bits per heavy atom. The lowest BCUT2D eigenvalue weighted by atomic mass is 9.87. The fraction of sp³-hybridized carbons (Fsp3) is 0.318. The highest BCUT2D eigenvalue weighted by Crippen LogP contribution is 2.37. The van der Waals surface area contributed by atoms with Crippen molar-refractivity contribution in [3.8, 4) is 0 Å². The van der Waals surface area contributed by atoms with Gasteiger partial charge in [0.2, 0.25) is 0 Å². The van der Waals surface area contributed by atoms with Crippen molar-refractivity contribution in [2.24, 2.45) is 11.8 Å². The molecule has 2 atom stereocenters. The van der Waals surface area contributed by atoms with Crippen LogP contribution in [0.3, 0.4) is 0 Å².